The molecule has 1 aliphatic carbocycles. The Morgan fingerprint density at radius 1 is 0.886 bits per heavy atom. The number of urea groups is 1. The summed E-state index contributed by atoms with van der Waals surface area (Å²) < 4.78 is 0. The van der Waals surface area contributed by atoms with Crippen LogP contribution in [0.15, 0.2) is 60.7 Å². The molecule has 0 radical (unpaired) electrons. The average molecular weight is 476 g/mol. The van der Waals surface area contributed by atoms with Crippen LogP contribution in [0.4, 0.5) is 4.79 Å². The van der Waals surface area contributed by atoms with Gasteiger partial charge in [0, 0.05) is 18.1 Å². The van der Waals surface area contributed by atoms with Crippen molar-refractivity contribution in [1.82, 2.24) is 15.5 Å². The Morgan fingerprint density at radius 2 is 1.40 bits per heavy atom. The summed E-state index contributed by atoms with van der Waals surface area (Å²) in [5, 5.41) is 18.1. The largest absolute Gasteiger partial charge is 0.378 e. The summed E-state index contributed by atoms with van der Waals surface area (Å²) >= 11 is 0. The lowest BCUT2D eigenvalue weighted by Gasteiger charge is -2.36. The zero-order chi connectivity index (χ0) is 24.3. The van der Waals surface area contributed by atoms with Gasteiger partial charge < -0.3 is 15.7 Å². The Hall–Kier alpha value is -2.37. The Balaban J connectivity index is 1.13. The van der Waals surface area contributed by atoms with Gasteiger partial charge in [0.2, 0.25) is 0 Å². The maximum Gasteiger partial charge on any atom is 0.315 e. The highest BCUT2D eigenvalue weighted by Gasteiger charge is 2.40. The molecule has 2 saturated heterocycles. The van der Waals surface area contributed by atoms with Gasteiger partial charge in [0.05, 0.1) is 6.04 Å². The van der Waals surface area contributed by atoms with Crippen LogP contribution in [0.1, 0.15) is 75.8 Å². The molecule has 3 aliphatic rings. The van der Waals surface area contributed by atoms with E-state index < -0.39 is 11.6 Å². The van der Waals surface area contributed by atoms with Crippen molar-refractivity contribution >= 4 is 6.03 Å². The number of carbonyl (C=O) groups is 1. The van der Waals surface area contributed by atoms with E-state index in [2.05, 4.69) is 15.5 Å². The van der Waals surface area contributed by atoms with E-state index in [0.717, 1.165) is 42.0 Å². The van der Waals surface area contributed by atoms with Crippen LogP contribution in [-0.2, 0) is 5.60 Å². The van der Waals surface area contributed by atoms with Crippen LogP contribution in [0.5, 0.6) is 0 Å². The lowest BCUT2D eigenvalue weighted by Crippen LogP contribution is -2.54. The van der Waals surface area contributed by atoms with Gasteiger partial charge in [-0.05, 0) is 88.3 Å². The fraction of sp³-hybridized carbons (Fsp3) is 0.567. The number of aliphatic hydroxyl groups is 1. The van der Waals surface area contributed by atoms with Crippen LogP contribution in [0.3, 0.4) is 0 Å². The highest BCUT2D eigenvalue weighted by Crippen LogP contribution is 2.38. The topological polar surface area (TPSA) is 64.6 Å². The lowest BCUT2D eigenvalue weighted by atomic mass is 9.81. The van der Waals surface area contributed by atoms with Crippen LogP contribution in [-0.4, -0.2) is 46.7 Å². The fourth-order valence-electron chi connectivity index (χ4n) is 6.89. The molecule has 5 heteroatoms. The number of rotatable bonds is 8. The van der Waals surface area contributed by atoms with Crippen LogP contribution >= 0.6 is 0 Å². The summed E-state index contributed by atoms with van der Waals surface area (Å²) in [6, 6.07) is 20.5. The minimum atomic E-state index is -1.31. The predicted molar refractivity (Wildman–Crippen MR) is 140 cm³/mol. The van der Waals surface area contributed by atoms with Crippen LogP contribution in [0.25, 0.3) is 0 Å². The van der Waals surface area contributed by atoms with E-state index in [1.54, 1.807) is 0 Å². The van der Waals surface area contributed by atoms with Crippen LogP contribution in [0, 0.1) is 5.92 Å². The first kappa shape index (κ1) is 24.3. The summed E-state index contributed by atoms with van der Waals surface area (Å²) in [5.41, 5.74) is 0.226. The molecule has 2 aliphatic heterocycles. The molecule has 2 bridgehead atoms. The predicted octanol–water partition coefficient (Wildman–Crippen LogP) is 5.19. The van der Waals surface area contributed by atoms with Crippen molar-refractivity contribution in [3.63, 3.8) is 0 Å². The summed E-state index contributed by atoms with van der Waals surface area (Å²) in [5.74, 6) is 0.788. The van der Waals surface area contributed by atoms with Gasteiger partial charge >= 0.3 is 6.03 Å². The second-order valence-electron chi connectivity index (χ2n) is 11.0. The standard InChI is InChI=1S/C30H41N3O2/c1-22(30(35,24-8-4-2-5-9-24)25-10-6-3-7-11-25)31-29(34)32-26-14-12-23(13-15-26)20-21-33-27-16-17-28(33)19-18-27/h2-11,22-23,26-28,35H,12-21H2,1H3,(H2,31,32,34)/t22-,23?,26?,27?,28?/m1/s1. The molecule has 35 heavy (non-hydrogen) atoms. The summed E-state index contributed by atoms with van der Waals surface area (Å²) in [7, 11) is 0. The highest BCUT2D eigenvalue weighted by atomic mass is 16.3. The third kappa shape index (κ3) is 5.26. The Kier molecular flexibility index (Phi) is 7.45. The number of fused-ring (bicyclic) bond motifs is 2. The molecule has 2 aromatic carbocycles. The Labute approximate surface area is 210 Å². The van der Waals surface area contributed by atoms with Crippen molar-refractivity contribution in [1.29, 1.82) is 0 Å². The van der Waals surface area contributed by atoms with Crippen LogP contribution < -0.4 is 10.6 Å². The minimum Gasteiger partial charge on any atom is -0.378 e. The van der Waals surface area contributed by atoms with E-state index in [1.165, 1.54) is 51.5 Å². The maximum absolute atomic E-state index is 13.0. The Morgan fingerprint density at radius 3 is 1.91 bits per heavy atom. The van der Waals surface area contributed by atoms with E-state index in [-0.39, 0.29) is 12.1 Å². The van der Waals surface area contributed by atoms with Gasteiger partial charge in [-0.2, -0.15) is 0 Å². The molecule has 2 aromatic rings. The Bertz CT molecular complexity index is 899. The van der Waals surface area contributed by atoms with Crippen molar-refractivity contribution in [2.75, 3.05) is 6.54 Å². The molecule has 1 saturated carbocycles. The molecule has 3 N–H and O–H groups in total. The fourth-order valence-corrected chi connectivity index (χ4v) is 6.89. The van der Waals surface area contributed by atoms with E-state index in [1.807, 2.05) is 67.6 Å². The average Bonchev–Trinajstić information content (AvgIpc) is 3.48. The lowest BCUT2D eigenvalue weighted by molar-refractivity contribution is 0.0470. The zero-order valence-corrected chi connectivity index (χ0v) is 21.0. The second kappa shape index (κ2) is 10.7. The molecular formula is C30H41N3O2. The molecule has 0 spiro atoms. The number of hydrogen-bond donors (Lipinski definition) is 3. The molecule has 2 heterocycles. The number of amides is 2. The van der Waals surface area contributed by atoms with E-state index in [4.69, 9.17) is 0 Å². The number of carbonyl (C=O) groups excluding carboxylic acids is 1. The van der Waals surface area contributed by atoms with Gasteiger partial charge in [0.25, 0.3) is 0 Å². The molecule has 188 valence electrons. The summed E-state index contributed by atoms with van der Waals surface area (Å²) in [4.78, 5) is 15.7. The molecular weight excluding hydrogens is 434 g/mol. The molecule has 2 amide bonds. The quantitative estimate of drug-likeness (QED) is 0.493. The number of benzene rings is 2. The first-order valence-corrected chi connectivity index (χ1v) is 13.7. The van der Waals surface area contributed by atoms with Gasteiger partial charge in [-0.1, -0.05) is 60.7 Å². The molecule has 3 fully saturated rings. The smallest absolute Gasteiger partial charge is 0.315 e. The zero-order valence-electron chi connectivity index (χ0n) is 21.0. The number of hydrogen-bond acceptors (Lipinski definition) is 3. The van der Waals surface area contributed by atoms with Crippen molar-refractivity contribution in [2.24, 2.45) is 5.92 Å². The maximum atomic E-state index is 13.0. The van der Waals surface area contributed by atoms with E-state index >= 15 is 0 Å². The summed E-state index contributed by atoms with van der Waals surface area (Å²) in [6.07, 6.45) is 11.4. The van der Waals surface area contributed by atoms with Gasteiger partial charge in [-0.3, -0.25) is 4.90 Å². The van der Waals surface area contributed by atoms with Gasteiger partial charge in [0.1, 0.15) is 5.60 Å². The molecule has 0 unspecified atom stereocenters. The first-order valence-electron chi connectivity index (χ1n) is 13.7. The number of nitrogens with one attached hydrogen (secondary N) is 2. The monoisotopic (exact) mass is 475 g/mol. The van der Waals surface area contributed by atoms with Gasteiger partial charge in [-0.25, -0.2) is 4.79 Å². The minimum absolute atomic E-state index is 0.195. The van der Waals surface area contributed by atoms with Gasteiger partial charge in [-0.15, -0.1) is 0 Å². The third-order valence-corrected chi connectivity index (χ3v) is 8.98. The SMILES string of the molecule is C[C@@H](NC(=O)NC1CCC(CCN2C3CCC2CC3)CC1)C(O)(c1ccccc1)c1ccccc1. The van der Waals surface area contributed by atoms with Crippen molar-refractivity contribution in [3.8, 4) is 0 Å². The van der Waals surface area contributed by atoms with Crippen LogP contribution in [0.2, 0.25) is 0 Å². The highest BCUT2D eigenvalue weighted by molar-refractivity contribution is 5.75. The van der Waals surface area contributed by atoms with Crippen molar-refractivity contribution < 1.29 is 9.90 Å². The van der Waals surface area contributed by atoms with Crippen molar-refractivity contribution in [3.05, 3.63) is 71.8 Å². The van der Waals surface area contributed by atoms with Gasteiger partial charge in [0.15, 0.2) is 0 Å². The molecule has 5 rings (SSSR count). The normalized spacial score (nSPS) is 27.5. The van der Waals surface area contributed by atoms with E-state index in [0.29, 0.717) is 0 Å². The van der Waals surface area contributed by atoms with Crippen molar-refractivity contribution in [2.45, 2.75) is 94.5 Å². The second-order valence-corrected chi connectivity index (χ2v) is 11.0. The first-order chi connectivity index (χ1) is 17.0. The summed E-state index contributed by atoms with van der Waals surface area (Å²) in [6.45, 7) is 3.15. The molecule has 5 nitrogen and oxygen atoms in total. The molecule has 1 atom stereocenters. The molecule has 0 aromatic heterocycles. The third-order valence-electron chi connectivity index (χ3n) is 8.98. The van der Waals surface area contributed by atoms with E-state index in [9.17, 15) is 9.90 Å². The number of nitrogens with zero attached hydrogens (tertiary/aromatic N) is 1.